The highest BCUT2D eigenvalue weighted by atomic mass is 19.4. The van der Waals surface area contributed by atoms with Gasteiger partial charge in [0.2, 0.25) is 5.91 Å². The summed E-state index contributed by atoms with van der Waals surface area (Å²) in [4.78, 5) is 21.4. The van der Waals surface area contributed by atoms with Gasteiger partial charge in [0.25, 0.3) is 0 Å². The zero-order chi connectivity index (χ0) is 22.7. The van der Waals surface area contributed by atoms with E-state index in [1.807, 2.05) is 24.0 Å². The van der Waals surface area contributed by atoms with E-state index in [1.54, 1.807) is 6.07 Å². The Kier molecular flexibility index (Phi) is 6.81. The van der Waals surface area contributed by atoms with E-state index in [0.29, 0.717) is 43.9 Å². The number of pyridine rings is 1. The first-order valence-electron chi connectivity index (χ1n) is 11.0. The van der Waals surface area contributed by atoms with E-state index in [-0.39, 0.29) is 12.0 Å². The fourth-order valence-electron chi connectivity index (χ4n) is 4.42. The minimum absolute atomic E-state index is 0.108. The highest BCUT2D eigenvalue weighted by molar-refractivity contribution is 5.78. The van der Waals surface area contributed by atoms with Gasteiger partial charge >= 0.3 is 6.18 Å². The Bertz CT molecular complexity index is 958. The van der Waals surface area contributed by atoms with Crippen molar-refractivity contribution in [1.29, 1.82) is 0 Å². The normalized spacial score (nSPS) is 20.0. The molecule has 1 aromatic carbocycles. The van der Waals surface area contributed by atoms with Crippen LogP contribution in [0.25, 0.3) is 0 Å². The van der Waals surface area contributed by atoms with Crippen molar-refractivity contribution in [3.8, 4) is 0 Å². The van der Waals surface area contributed by atoms with Gasteiger partial charge in [-0.05, 0) is 68.6 Å². The minimum Gasteiger partial charge on any atom is -0.368 e. The summed E-state index contributed by atoms with van der Waals surface area (Å²) in [6, 6.07) is 9.15. The maximum Gasteiger partial charge on any atom is 0.416 e. The lowest BCUT2D eigenvalue weighted by molar-refractivity contribution is -0.140. The number of nitrogens with zero attached hydrogens (tertiary/aromatic N) is 3. The minimum atomic E-state index is -4.36. The number of morpholine rings is 1. The zero-order valence-corrected chi connectivity index (χ0v) is 18.2. The number of carbonyl (C=O) groups is 1. The lowest BCUT2D eigenvalue weighted by Gasteiger charge is -2.34. The first kappa shape index (κ1) is 22.7. The molecule has 0 spiro atoms. The molecule has 1 atom stereocenters. The summed E-state index contributed by atoms with van der Waals surface area (Å²) < 4.78 is 45.1. The average Bonchev–Trinajstić information content (AvgIpc) is 3.26. The molecular formula is C24H28F3N3O2. The molecule has 0 unspecified atom stereocenters. The summed E-state index contributed by atoms with van der Waals surface area (Å²) in [5, 5.41) is 0. The van der Waals surface area contributed by atoms with Gasteiger partial charge < -0.3 is 9.64 Å². The second-order valence-electron chi connectivity index (χ2n) is 8.60. The molecule has 2 fully saturated rings. The molecule has 4 rings (SSSR count). The van der Waals surface area contributed by atoms with Gasteiger partial charge in [0.1, 0.15) is 6.10 Å². The van der Waals surface area contributed by atoms with Crippen molar-refractivity contribution in [1.82, 2.24) is 14.8 Å². The van der Waals surface area contributed by atoms with E-state index in [4.69, 9.17) is 4.74 Å². The van der Waals surface area contributed by atoms with E-state index >= 15 is 0 Å². The van der Waals surface area contributed by atoms with Crippen LogP contribution in [0.2, 0.25) is 0 Å². The van der Waals surface area contributed by atoms with Gasteiger partial charge in [0, 0.05) is 12.2 Å². The maximum absolute atomic E-state index is 13.0. The molecule has 3 heterocycles. The molecule has 32 heavy (non-hydrogen) atoms. The van der Waals surface area contributed by atoms with Crippen LogP contribution in [0.15, 0.2) is 36.4 Å². The Morgan fingerprint density at radius 2 is 1.91 bits per heavy atom. The molecule has 0 aliphatic carbocycles. The van der Waals surface area contributed by atoms with Gasteiger partial charge in [-0.3, -0.25) is 14.7 Å². The molecule has 0 N–H and O–H groups in total. The fraction of sp³-hybridized carbons (Fsp3) is 0.500. The monoisotopic (exact) mass is 447 g/mol. The molecular weight excluding hydrogens is 419 g/mol. The lowest BCUT2D eigenvalue weighted by Crippen LogP contribution is -2.46. The summed E-state index contributed by atoms with van der Waals surface area (Å²) in [7, 11) is 0. The Labute approximate surface area is 186 Å². The first-order valence-corrected chi connectivity index (χ1v) is 11.0. The molecule has 0 saturated carbocycles. The maximum atomic E-state index is 13.0. The number of amides is 1. The van der Waals surface area contributed by atoms with Crippen LogP contribution in [-0.2, 0) is 22.1 Å². The van der Waals surface area contributed by atoms with Crippen molar-refractivity contribution in [2.24, 2.45) is 0 Å². The van der Waals surface area contributed by atoms with Crippen molar-refractivity contribution in [2.45, 2.75) is 38.5 Å². The van der Waals surface area contributed by atoms with Crippen molar-refractivity contribution < 1.29 is 22.7 Å². The third kappa shape index (κ3) is 5.66. The Hall–Kier alpha value is -2.45. The topological polar surface area (TPSA) is 45.7 Å². The molecule has 8 heteroatoms. The zero-order valence-electron chi connectivity index (χ0n) is 18.2. The molecule has 1 aromatic heterocycles. The summed E-state index contributed by atoms with van der Waals surface area (Å²) in [6.45, 7) is 5.68. The number of rotatable bonds is 5. The van der Waals surface area contributed by atoms with Crippen LogP contribution in [0.5, 0.6) is 0 Å². The summed E-state index contributed by atoms with van der Waals surface area (Å²) >= 11 is 0. The average molecular weight is 448 g/mol. The standard InChI is InChI=1S/C24H28F3N3O2/c1-17-11-19(12-18-5-4-6-20(13-18)24(25,26)27)14-21(28-17)22-15-30(9-10-32-22)23(31)16-29-7-2-3-8-29/h4-6,11,13-14,22H,2-3,7-10,12,15-16H2,1H3/t22-/m1/s1. The van der Waals surface area contributed by atoms with Crippen LogP contribution in [0, 0.1) is 6.92 Å². The molecule has 2 saturated heterocycles. The van der Waals surface area contributed by atoms with Crippen molar-refractivity contribution in [3.63, 3.8) is 0 Å². The summed E-state index contributed by atoms with van der Waals surface area (Å²) in [6.07, 6.45) is -2.06. The number of benzene rings is 1. The number of carbonyl (C=O) groups excluding carboxylic acids is 1. The molecule has 2 aliphatic rings. The fourth-order valence-corrected chi connectivity index (χ4v) is 4.42. The molecule has 172 valence electrons. The van der Waals surface area contributed by atoms with Crippen LogP contribution in [0.1, 0.15) is 47.0 Å². The highest BCUT2D eigenvalue weighted by Gasteiger charge is 2.31. The predicted molar refractivity (Wildman–Crippen MR) is 114 cm³/mol. The Balaban J connectivity index is 1.46. The number of aryl methyl sites for hydroxylation is 1. The number of aromatic nitrogens is 1. The second-order valence-corrected chi connectivity index (χ2v) is 8.60. The predicted octanol–water partition coefficient (Wildman–Crippen LogP) is 4.00. The summed E-state index contributed by atoms with van der Waals surface area (Å²) in [5.41, 5.74) is 2.29. The molecule has 0 bridgehead atoms. The second kappa shape index (κ2) is 9.58. The summed E-state index contributed by atoms with van der Waals surface area (Å²) in [5.74, 6) is 0.108. The van der Waals surface area contributed by atoms with Crippen molar-refractivity contribution in [3.05, 3.63) is 64.5 Å². The molecule has 2 aliphatic heterocycles. The lowest BCUT2D eigenvalue weighted by atomic mass is 10.0. The van der Waals surface area contributed by atoms with Gasteiger partial charge in [-0.25, -0.2) is 0 Å². The van der Waals surface area contributed by atoms with E-state index in [1.165, 1.54) is 12.1 Å². The molecule has 0 radical (unpaired) electrons. The van der Waals surface area contributed by atoms with Crippen LogP contribution in [0.3, 0.4) is 0 Å². The van der Waals surface area contributed by atoms with E-state index in [0.717, 1.165) is 43.3 Å². The van der Waals surface area contributed by atoms with Gasteiger partial charge in [-0.1, -0.05) is 18.2 Å². The van der Waals surface area contributed by atoms with E-state index in [2.05, 4.69) is 9.88 Å². The smallest absolute Gasteiger partial charge is 0.368 e. The third-order valence-corrected chi connectivity index (χ3v) is 6.00. The molecule has 5 nitrogen and oxygen atoms in total. The largest absolute Gasteiger partial charge is 0.416 e. The Morgan fingerprint density at radius 3 is 2.66 bits per heavy atom. The van der Waals surface area contributed by atoms with E-state index in [9.17, 15) is 18.0 Å². The number of halogens is 3. The van der Waals surface area contributed by atoms with Crippen LogP contribution in [-0.4, -0.2) is 60.0 Å². The number of alkyl halides is 3. The van der Waals surface area contributed by atoms with Crippen LogP contribution < -0.4 is 0 Å². The van der Waals surface area contributed by atoms with Crippen LogP contribution >= 0.6 is 0 Å². The van der Waals surface area contributed by atoms with Crippen molar-refractivity contribution >= 4 is 5.91 Å². The van der Waals surface area contributed by atoms with Gasteiger partial charge in [-0.2, -0.15) is 13.2 Å². The Morgan fingerprint density at radius 1 is 1.12 bits per heavy atom. The molecule has 2 aromatic rings. The van der Waals surface area contributed by atoms with Gasteiger partial charge in [0.05, 0.1) is 31.0 Å². The van der Waals surface area contributed by atoms with Crippen LogP contribution in [0.4, 0.5) is 13.2 Å². The molecule has 1 amide bonds. The number of ether oxygens (including phenoxy) is 1. The first-order chi connectivity index (χ1) is 15.3. The SMILES string of the molecule is Cc1cc(Cc2cccc(C(F)(F)F)c2)cc([C@H]2CN(C(=O)CN3CCCC3)CCO2)n1. The number of hydrogen-bond donors (Lipinski definition) is 0. The third-order valence-electron chi connectivity index (χ3n) is 6.00. The number of likely N-dealkylation sites (tertiary alicyclic amines) is 1. The van der Waals surface area contributed by atoms with Crippen molar-refractivity contribution in [2.75, 3.05) is 39.3 Å². The highest BCUT2D eigenvalue weighted by Crippen LogP contribution is 2.30. The van der Waals surface area contributed by atoms with E-state index < -0.39 is 11.7 Å². The number of hydrogen-bond acceptors (Lipinski definition) is 4. The van der Waals surface area contributed by atoms with Gasteiger partial charge in [0.15, 0.2) is 0 Å². The van der Waals surface area contributed by atoms with Gasteiger partial charge in [-0.15, -0.1) is 0 Å². The quantitative estimate of drug-likeness (QED) is 0.695.